The highest BCUT2D eigenvalue weighted by Crippen LogP contribution is 2.24. The summed E-state index contributed by atoms with van der Waals surface area (Å²) in [5.41, 5.74) is 1.06. The molecule has 21 heavy (non-hydrogen) atoms. The number of benzene rings is 1. The highest BCUT2D eigenvalue weighted by Gasteiger charge is 2.22. The second kappa shape index (κ2) is 5.32. The monoisotopic (exact) mass is 285 g/mol. The molecule has 0 radical (unpaired) electrons. The van der Waals surface area contributed by atoms with E-state index in [0.717, 1.165) is 0 Å². The van der Waals surface area contributed by atoms with E-state index in [4.69, 9.17) is 0 Å². The molecule has 106 valence electrons. The van der Waals surface area contributed by atoms with Crippen molar-refractivity contribution in [2.75, 3.05) is 11.9 Å². The van der Waals surface area contributed by atoms with E-state index in [1.807, 2.05) is 0 Å². The lowest BCUT2D eigenvalue weighted by atomic mass is 9.99. The number of hydrogen-bond acceptors (Lipinski definition) is 3. The molecule has 5 nitrogen and oxygen atoms in total. The van der Waals surface area contributed by atoms with Gasteiger partial charge in [-0.1, -0.05) is 0 Å². The van der Waals surface area contributed by atoms with Crippen LogP contribution in [0.5, 0.6) is 0 Å². The molecule has 3 rings (SSSR count). The lowest BCUT2D eigenvalue weighted by Gasteiger charge is -2.18. The summed E-state index contributed by atoms with van der Waals surface area (Å²) >= 11 is 0. The molecular formula is C15H12FN3O2. The van der Waals surface area contributed by atoms with Gasteiger partial charge in [-0.2, -0.15) is 0 Å². The van der Waals surface area contributed by atoms with Gasteiger partial charge in [-0.15, -0.1) is 0 Å². The summed E-state index contributed by atoms with van der Waals surface area (Å²) in [5, 5.41) is 5.16. The largest absolute Gasteiger partial charge is 0.352 e. The van der Waals surface area contributed by atoms with E-state index >= 15 is 0 Å². The van der Waals surface area contributed by atoms with Crippen LogP contribution in [0.1, 0.15) is 26.3 Å². The molecule has 0 atom stereocenters. The molecule has 2 heterocycles. The van der Waals surface area contributed by atoms with Crippen LogP contribution in [-0.4, -0.2) is 23.3 Å². The fourth-order valence-corrected chi connectivity index (χ4v) is 2.26. The van der Waals surface area contributed by atoms with Gasteiger partial charge < -0.3 is 10.6 Å². The minimum Gasteiger partial charge on any atom is -0.352 e. The van der Waals surface area contributed by atoms with E-state index in [2.05, 4.69) is 15.6 Å². The number of fused-ring (bicyclic) bond motifs is 1. The van der Waals surface area contributed by atoms with Gasteiger partial charge in [0.2, 0.25) is 0 Å². The quantitative estimate of drug-likeness (QED) is 0.883. The predicted molar refractivity (Wildman–Crippen MR) is 74.6 cm³/mol. The Bertz CT molecular complexity index is 716. The third-order valence-corrected chi connectivity index (χ3v) is 3.32. The molecule has 1 aliphatic heterocycles. The second-order valence-corrected chi connectivity index (χ2v) is 4.65. The zero-order chi connectivity index (χ0) is 14.8. The maximum Gasteiger partial charge on any atom is 0.257 e. The van der Waals surface area contributed by atoms with Crippen LogP contribution in [0.3, 0.4) is 0 Å². The first-order valence-corrected chi connectivity index (χ1v) is 6.48. The lowest BCUT2D eigenvalue weighted by molar-refractivity contribution is 0.0944. The Balaban J connectivity index is 1.90. The Morgan fingerprint density at radius 2 is 2.19 bits per heavy atom. The van der Waals surface area contributed by atoms with Crippen LogP contribution in [0.2, 0.25) is 0 Å². The highest BCUT2D eigenvalue weighted by molar-refractivity contribution is 6.04. The van der Waals surface area contributed by atoms with Gasteiger partial charge in [0.15, 0.2) is 5.82 Å². The van der Waals surface area contributed by atoms with Crippen molar-refractivity contribution in [1.29, 1.82) is 0 Å². The summed E-state index contributed by atoms with van der Waals surface area (Å²) < 4.78 is 14.4. The first kappa shape index (κ1) is 13.2. The molecule has 0 bridgehead atoms. The maximum atomic E-state index is 14.4. The molecule has 0 unspecified atom stereocenters. The summed E-state index contributed by atoms with van der Waals surface area (Å²) in [6, 6.07) is 6.13. The van der Waals surface area contributed by atoms with Crippen LogP contribution >= 0.6 is 0 Å². The van der Waals surface area contributed by atoms with Crippen molar-refractivity contribution in [3.05, 3.63) is 59.2 Å². The number of pyridine rings is 1. The molecule has 2 aromatic rings. The van der Waals surface area contributed by atoms with Gasteiger partial charge in [-0.25, -0.2) is 4.39 Å². The summed E-state index contributed by atoms with van der Waals surface area (Å²) in [6.45, 7) is 0.392. The lowest BCUT2D eigenvalue weighted by Crippen LogP contribution is -2.32. The van der Waals surface area contributed by atoms with Gasteiger partial charge >= 0.3 is 0 Å². The molecule has 0 saturated heterocycles. The Morgan fingerprint density at radius 3 is 2.95 bits per heavy atom. The van der Waals surface area contributed by atoms with Gasteiger partial charge in [0, 0.05) is 30.1 Å². The molecule has 0 saturated carbocycles. The van der Waals surface area contributed by atoms with Crippen molar-refractivity contribution in [2.45, 2.75) is 6.42 Å². The fraction of sp³-hybridized carbons (Fsp3) is 0.133. The molecular weight excluding hydrogens is 273 g/mol. The van der Waals surface area contributed by atoms with Crippen molar-refractivity contribution in [3.63, 3.8) is 0 Å². The third kappa shape index (κ3) is 2.47. The van der Waals surface area contributed by atoms with Gasteiger partial charge in [-0.05, 0) is 30.7 Å². The average Bonchev–Trinajstić information content (AvgIpc) is 2.51. The predicted octanol–water partition coefficient (Wildman–Crippen LogP) is 1.76. The second-order valence-electron chi connectivity index (χ2n) is 4.65. The number of nitrogens with zero attached hydrogens (tertiary/aromatic N) is 1. The standard InChI is InChI=1S/C15H12FN3O2/c16-13-10-5-7-18-15(21)11(10)3-4-12(13)19-14(20)9-2-1-6-17-8-9/h1-4,6,8H,5,7H2,(H,18,21)(H,19,20). The summed E-state index contributed by atoms with van der Waals surface area (Å²) in [6.07, 6.45) is 3.36. The van der Waals surface area contributed by atoms with Crippen LogP contribution < -0.4 is 10.6 Å². The van der Waals surface area contributed by atoms with E-state index in [9.17, 15) is 14.0 Å². The molecule has 2 amide bonds. The van der Waals surface area contributed by atoms with E-state index in [-0.39, 0.29) is 11.6 Å². The van der Waals surface area contributed by atoms with Crippen molar-refractivity contribution >= 4 is 17.5 Å². The highest BCUT2D eigenvalue weighted by atomic mass is 19.1. The van der Waals surface area contributed by atoms with Crippen LogP contribution in [0.15, 0.2) is 36.7 Å². The molecule has 0 fully saturated rings. The van der Waals surface area contributed by atoms with Gasteiger partial charge in [0.25, 0.3) is 11.8 Å². The third-order valence-electron chi connectivity index (χ3n) is 3.32. The number of nitrogens with one attached hydrogen (secondary N) is 2. The molecule has 1 aromatic carbocycles. The van der Waals surface area contributed by atoms with Crippen LogP contribution in [0.25, 0.3) is 0 Å². The minimum absolute atomic E-state index is 0.0669. The molecule has 2 N–H and O–H groups in total. The van der Waals surface area contributed by atoms with Crippen LogP contribution in [-0.2, 0) is 6.42 Å². The zero-order valence-electron chi connectivity index (χ0n) is 11.0. The number of hydrogen-bond donors (Lipinski definition) is 2. The molecule has 1 aliphatic rings. The van der Waals surface area contributed by atoms with E-state index in [1.165, 1.54) is 18.3 Å². The van der Waals surface area contributed by atoms with Gasteiger partial charge in [-0.3, -0.25) is 14.6 Å². The topological polar surface area (TPSA) is 71.1 Å². The number of amides is 2. The number of halogens is 1. The number of rotatable bonds is 2. The number of anilines is 1. The average molecular weight is 285 g/mol. The molecule has 0 aliphatic carbocycles. The first-order valence-electron chi connectivity index (χ1n) is 6.48. The van der Waals surface area contributed by atoms with Crippen molar-refractivity contribution in [2.24, 2.45) is 0 Å². The summed E-state index contributed by atoms with van der Waals surface area (Å²) in [7, 11) is 0. The van der Waals surface area contributed by atoms with Crippen molar-refractivity contribution in [3.8, 4) is 0 Å². The van der Waals surface area contributed by atoms with Crippen LogP contribution in [0.4, 0.5) is 10.1 Å². The Morgan fingerprint density at radius 1 is 1.33 bits per heavy atom. The Hall–Kier alpha value is -2.76. The normalized spacial score (nSPS) is 13.3. The van der Waals surface area contributed by atoms with Gasteiger partial charge in [0.1, 0.15) is 0 Å². The van der Waals surface area contributed by atoms with Gasteiger partial charge in [0.05, 0.1) is 11.3 Å². The number of carbonyl (C=O) groups excluding carboxylic acids is 2. The fourth-order valence-electron chi connectivity index (χ4n) is 2.26. The number of aromatic nitrogens is 1. The van der Waals surface area contributed by atoms with E-state index in [1.54, 1.807) is 18.3 Å². The summed E-state index contributed by atoms with van der Waals surface area (Å²) in [5.74, 6) is -1.29. The van der Waals surface area contributed by atoms with Crippen LogP contribution in [0, 0.1) is 5.82 Å². The zero-order valence-corrected chi connectivity index (χ0v) is 11.0. The molecule has 6 heteroatoms. The minimum atomic E-state index is -0.556. The number of carbonyl (C=O) groups is 2. The Labute approximate surface area is 120 Å². The maximum absolute atomic E-state index is 14.4. The smallest absolute Gasteiger partial charge is 0.257 e. The Kier molecular flexibility index (Phi) is 3.35. The molecule has 0 spiro atoms. The SMILES string of the molecule is O=C(Nc1ccc2c(c1F)CCNC2=O)c1cccnc1. The summed E-state index contributed by atoms with van der Waals surface area (Å²) in [4.78, 5) is 27.5. The van der Waals surface area contributed by atoms with E-state index in [0.29, 0.717) is 29.7 Å². The first-order chi connectivity index (χ1) is 10.2. The van der Waals surface area contributed by atoms with Crippen molar-refractivity contribution < 1.29 is 14.0 Å². The van der Waals surface area contributed by atoms with Crippen molar-refractivity contribution in [1.82, 2.24) is 10.3 Å². The van der Waals surface area contributed by atoms with E-state index < -0.39 is 11.7 Å². The molecule has 1 aromatic heterocycles.